The van der Waals surface area contributed by atoms with Gasteiger partial charge in [0.1, 0.15) is 18.3 Å². The number of hydrogen-bond acceptors (Lipinski definition) is 6. The molecule has 8 heteroatoms. The van der Waals surface area contributed by atoms with E-state index in [4.69, 9.17) is 14.6 Å². The number of aromatic amines is 1. The number of aromatic nitrogens is 2. The van der Waals surface area contributed by atoms with Gasteiger partial charge in [-0.3, -0.25) is 14.3 Å². The van der Waals surface area contributed by atoms with Gasteiger partial charge in [-0.1, -0.05) is 0 Å². The van der Waals surface area contributed by atoms with Crippen LogP contribution in [0.3, 0.4) is 0 Å². The zero-order valence-electron chi connectivity index (χ0n) is 9.65. The topological polar surface area (TPSA) is 114 Å². The average Bonchev–Trinajstić information content (AvgIpc) is 2.66. The first-order chi connectivity index (χ1) is 8.58. The highest BCUT2D eigenvalue weighted by Crippen LogP contribution is 2.29. The summed E-state index contributed by atoms with van der Waals surface area (Å²) < 4.78 is 11.4. The Morgan fingerprint density at radius 3 is 2.78 bits per heavy atom. The fourth-order valence-electron chi connectivity index (χ4n) is 2.02. The molecular weight excluding hydrogens is 244 g/mol. The van der Waals surface area contributed by atoms with Crippen molar-refractivity contribution in [1.29, 1.82) is 0 Å². The summed E-state index contributed by atoms with van der Waals surface area (Å²) in [4.78, 5) is 24.6. The molecule has 0 spiro atoms. The molecule has 1 aromatic rings. The lowest BCUT2D eigenvalue weighted by molar-refractivity contribution is -0.0569. The van der Waals surface area contributed by atoms with Crippen LogP contribution in [0.15, 0.2) is 21.9 Å². The summed E-state index contributed by atoms with van der Waals surface area (Å²) in [6.07, 6.45) is -2.36. The van der Waals surface area contributed by atoms with Gasteiger partial charge in [-0.15, -0.1) is 0 Å². The number of aliphatic hydroxyl groups excluding tert-OH is 2. The van der Waals surface area contributed by atoms with E-state index in [1.165, 1.54) is 13.3 Å². The van der Waals surface area contributed by atoms with Crippen molar-refractivity contribution in [3.05, 3.63) is 33.1 Å². The summed E-state index contributed by atoms with van der Waals surface area (Å²) in [5.41, 5.74) is -1.23. The average molecular weight is 258 g/mol. The molecule has 1 aromatic heterocycles. The maximum atomic E-state index is 11.6. The molecule has 0 unspecified atom stereocenters. The maximum absolute atomic E-state index is 11.6. The minimum absolute atomic E-state index is 0.343. The van der Waals surface area contributed by atoms with Crippen LogP contribution in [0.1, 0.15) is 6.23 Å². The highest BCUT2D eigenvalue weighted by molar-refractivity contribution is 4.93. The lowest BCUT2D eigenvalue weighted by Gasteiger charge is -2.17. The predicted octanol–water partition coefficient (Wildman–Crippen LogP) is -2.20. The maximum Gasteiger partial charge on any atom is 0.330 e. The normalized spacial score (nSPS) is 31.7. The Hall–Kier alpha value is -1.48. The SMILES string of the molecule is CO[C@H]1[C@H](O)[C@H](n2ccc(=O)[nH]c2=O)O[C@H]1CO. The van der Waals surface area contributed by atoms with E-state index in [1.54, 1.807) is 0 Å². The first-order valence-electron chi connectivity index (χ1n) is 5.37. The molecule has 100 valence electrons. The summed E-state index contributed by atoms with van der Waals surface area (Å²) in [5, 5.41) is 19.1. The molecule has 1 aliphatic rings. The third kappa shape index (κ3) is 2.10. The van der Waals surface area contributed by atoms with E-state index in [0.717, 1.165) is 10.6 Å². The second kappa shape index (κ2) is 5.02. The van der Waals surface area contributed by atoms with Crippen molar-refractivity contribution in [2.75, 3.05) is 13.7 Å². The Morgan fingerprint density at radius 1 is 1.56 bits per heavy atom. The Labute approximate surface area is 101 Å². The number of nitrogens with zero attached hydrogens (tertiary/aromatic N) is 1. The molecule has 0 amide bonds. The zero-order chi connectivity index (χ0) is 13.3. The van der Waals surface area contributed by atoms with E-state index in [2.05, 4.69) is 4.98 Å². The van der Waals surface area contributed by atoms with Gasteiger partial charge in [0.25, 0.3) is 5.56 Å². The molecule has 0 saturated carbocycles. The summed E-state index contributed by atoms with van der Waals surface area (Å²) >= 11 is 0. The van der Waals surface area contributed by atoms with Crippen molar-refractivity contribution in [2.24, 2.45) is 0 Å². The van der Waals surface area contributed by atoms with Crippen molar-refractivity contribution < 1.29 is 19.7 Å². The second-order valence-corrected chi connectivity index (χ2v) is 3.96. The Kier molecular flexibility index (Phi) is 3.62. The molecule has 1 saturated heterocycles. The molecule has 0 aliphatic carbocycles. The fraction of sp³-hybridized carbons (Fsp3) is 0.600. The molecule has 0 radical (unpaired) electrons. The van der Waals surface area contributed by atoms with E-state index < -0.39 is 35.8 Å². The number of methoxy groups -OCH3 is 1. The van der Waals surface area contributed by atoms with Crippen LogP contribution in [0, 0.1) is 0 Å². The van der Waals surface area contributed by atoms with Crippen LogP contribution in [0.5, 0.6) is 0 Å². The molecule has 1 fully saturated rings. The number of hydrogen-bond donors (Lipinski definition) is 3. The van der Waals surface area contributed by atoms with Crippen LogP contribution in [0.25, 0.3) is 0 Å². The van der Waals surface area contributed by atoms with Gasteiger partial charge < -0.3 is 19.7 Å². The van der Waals surface area contributed by atoms with Crippen molar-refractivity contribution in [1.82, 2.24) is 9.55 Å². The fourth-order valence-corrected chi connectivity index (χ4v) is 2.02. The molecule has 18 heavy (non-hydrogen) atoms. The number of nitrogens with one attached hydrogen (secondary N) is 1. The van der Waals surface area contributed by atoms with Crippen LogP contribution >= 0.6 is 0 Å². The highest BCUT2D eigenvalue weighted by Gasteiger charge is 2.44. The third-order valence-electron chi connectivity index (χ3n) is 2.89. The number of H-pyrrole nitrogens is 1. The molecule has 4 atom stereocenters. The lowest BCUT2D eigenvalue weighted by Crippen LogP contribution is -2.38. The van der Waals surface area contributed by atoms with Crippen LogP contribution in [0.2, 0.25) is 0 Å². The number of aliphatic hydroxyl groups is 2. The summed E-state index contributed by atoms with van der Waals surface area (Å²) in [7, 11) is 1.37. The third-order valence-corrected chi connectivity index (χ3v) is 2.89. The lowest BCUT2D eigenvalue weighted by atomic mass is 10.1. The molecule has 0 aromatic carbocycles. The Morgan fingerprint density at radius 2 is 2.28 bits per heavy atom. The van der Waals surface area contributed by atoms with E-state index in [-0.39, 0.29) is 6.61 Å². The van der Waals surface area contributed by atoms with Gasteiger partial charge in [0, 0.05) is 19.4 Å². The molecule has 1 aliphatic heterocycles. The summed E-state index contributed by atoms with van der Waals surface area (Å²) in [5.74, 6) is 0. The van der Waals surface area contributed by atoms with Gasteiger partial charge in [-0.05, 0) is 0 Å². The molecular formula is C10H14N2O6. The minimum Gasteiger partial charge on any atom is -0.394 e. The zero-order valence-corrected chi connectivity index (χ0v) is 9.65. The smallest absolute Gasteiger partial charge is 0.330 e. The molecule has 3 N–H and O–H groups in total. The van der Waals surface area contributed by atoms with Crippen molar-refractivity contribution >= 4 is 0 Å². The van der Waals surface area contributed by atoms with Gasteiger partial charge >= 0.3 is 5.69 Å². The van der Waals surface area contributed by atoms with Gasteiger partial charge in [0.2, 0.25) is 0 Å². The molecule has 0 bridgehead atoms. The Bertz CT molecular complexity index is 524. The molecule has 2 heterocycles. The number of rotatable bonds is 3. The minimum atomic E-state index is -1.12. The monoisotopic (exact) mass is 258 g/mol. The Balaban J connectivity index is 2.34. The highest BCUT2D eigenvalue weighted by atomic mass is 16.6. The first kappa shape index (κ1) is 13.0. The van der Waals surface area contributed by atoms with Gasteiger partial charge in [0.15, 0.2) is 6.23 Å². The van der Waals surface area contributed by atoms with Crippen LogP contribution in [-0.2, 0) is 9.47 Å². The van der Waals surface area contributed by atoms with Gasteiger partial charge in [-0.2, -0.15) is 0 Å². The number of ether oxygens (including phenoxy) is 2. The largest absolute Gasteiger partial charge is 0.394 e. The van der Waals surface area contributed by atoms with E-state index >= 15 is 0 Å². The summed E-state index contributed by atoms with van der Waals surface area (Å²) in [6.45, 7) is -0.343. The predicted molar refractivity (Wildman–Crippen MR) is 59.1 cm³/mol. The van der Waals surface area contributed by atoms with Crippen molar-refractivity contribution in [3.8, 4) is 0 Å². The van der Waals surface area contributed by atoms with Gasteiger partial charge in [0.05, 0.1) is 6.61 Å². The van der Waals surface area contributed by atoms with Crippen LogP contribution in [-0.4, -0.2) is 51.8 Å². The van der Waals surface area contributed by atoms with Crippen LogP contribution < -0.4 is 11.2 Å². The second-order valence-electron chi connectivity index (χ2n) is 3.96. The quantitative estimate of drug-likeness (QED) is 0.567. The molecule has 2 rings (SSSR count). The first-order valence-corrected chi connectivity index (χ1v) is 5.37. The van der Waals surface area contributed by atoms with E-state index in [9.17, 15) is 14.7 Å². The van der Waals surface area contributed by atoms with Crippen molar-refractivity contribution in [2.45, 2.75) is 24.5 Å². The molecule has 8 nitrogen and oxygen atoms in total. The van der Waals surface area contributed by atoms with Gasteiger partial charge in [-0.25, -0.2) is 4.79 Å². The van der Waals surface area contributed by atoms with Crippen LogP contribution in [0.4, 0.5) is 0 Å². The standard InChI is InChI=1S/C10H14N2O6/c1-17-8-5(4-13)18-9(7(8)15)12-3-2-6(14)11-10(12)16/h2-3,5,7-9,13,15H,4H2,1H3,(H,11,14,16)/t5-,7-,8+,9+/m0/s1. The van der Waals surface area contributed by atoms with E-state index in [1.807, 2.05) is 0 Å². The van der Waals surface area contributed by atoms with E-state index in [0.29, 0.717) is 0 Å². The summed E-state index contributed by atoms with van der Waals surface area (Å²) in [6, 6.07) is 1.14. The van der Waals surface area contributed by atoms with Crippen molar-refractivity contribution in [3.63, 3.8) is 0 Å².